The van der Waals surface area contributed by atoms with E-state index in [-0.39, 0.29) is 18.8 Å². The van der Waals surface area contributed by atoms with Crippen LogP contribution in [0.25, 0.3) is 0 Å². The van der Waals surface area contributed by atoms with Crippen molar-refractivity contribution in [1.82, 2.24) is 0 Å². The fraction of sp³-hybridized carbons (Fsp3) is 0.893. The van der Waals surface area contributed by atoms with E-state index in [9.17, 15) is 61.9 Å². The molecule has 0 aliphatic rings. The van der Waals surface area contributed by atoms with Crippen LogP contribution in [0.2, 0.25) is 0 Å². The Kier molecular flexibility index (Phi) is 17.0. The van der Waals surface area contributed by atoms with Crippen molar-refractivity contribution in [1.29, 1.82) is 0 Å². The van der Waals surface area contributed by atoms with Crippen molar-refractivity contribution >= 4 is 5.97 Å². The van der Waals surface area contributed by atoms with Gasteiger partial charge in [-0.1, -0.05) is 96.5 Å². The normalized spacial score (nSPS) is 13.8. The SMILES string of the molecule is C=C(C)C(=O)OCCCCCCCCCCCCCCCCCCC(F)(F)C(F)(F)C(F)(F)C(F)(F)C(F)(F)C(F)(F)F. The number of alkyl halides is 13. The highest BCUT2D eigenvalue weighted by Gasteiger charge is 2.90. The molecule has 0 aromatic heterocycles. The van der Waals surface area contributed by atoms with Crippen molar-refractivity contribution in [3.63, 3.8) is 0 Å². The summed E-state index contributed by atoms with van der Waals surface area (Å²) in [5.74, 6) is -36.8. The molecule has 0 bridgehead atoms. The van der Waals surface area contributed by atoms with Crippen molar-refractivity contribution in [2.24, 2.45) is 0 Å². The Labute approximate surface area is 243 Å². The van der Waals surface area contributed by atoms with Gasteiger partial charge in [0.05, 0.1) is 6.61 Å². The van der Waals surface area contributed by atoms with Crippen molar-refractivity contribution < 1.29 is 66.6 Å². The first kappa shape index (κ1) is 41.3. The standard InChI is InChI=1S/C28H41F13O2/c1-21(2)22(42)43-20-18-16-14-12-10-8-6-4-3-5-7-9-11-13-15-17-19-23(29,30)24(31,32)25(33,34)26(35,36)27(37,38)28(39,40)41/h1,3-20H2,2H3. The zero-order chi connectivity index (χ0) is 33.6. The molecule has 0 saturated heterocycles. The minimum atomic E-state index is -7.84. The average molecular weight is 657 g/mol. The number of hydrogen-bond acceptors (Lipinski definition) is 2. The lowest BCUT2D eigenvalue weighted by Gasteiger charge is -2.39. The largest absolute Gasteiger partial charge is 0.462 e. The Morgan fingerprint density at radius 3 is 1.12 bits per heavy atom. The van der Waals surface area contributed by atoms with E-state index in [0.717, 1.165) is 70.6 Å². The number of rotatable bonds is 24. The Morgan fingerprint density at radius 1 is 0.488 bits per heavy atom. The van der Waals surface area contributed by atoms with E-state index in [1.807, 2.05) is 0 Å². The Balaban J connectivity index is 4.07. The highest BCUT2D eigenvalue weighted by molar-refractivity contribution is 5.86. The Morgan fingerprint density at radius 2 is 0.791 bits per heavy atom. The highest BCUT2D eigenvalue weighted by atomic mass is 19.4. The molecule has 0 rings (SSSR count). The van der Waals surface area contributed by atoms with Crippen LogP contribution in [0.3, 0.4) is 0 Å². The lowest BCUT2D eigenvalue weighted by molar-refractivity contribution is -0.440. The van der Waals surface area contributed by atoms with Gasteiger partial charge in [-0.25, -0.2) is 4.79 Å². The Bertz CT molecular complexity index is 824. The van der Waals surface area contributed by atoms with Crippen molar-refractivity contribution in [2.75, 3.05) is 6.61 Å². The van der Waals surface area contributed by atoms with Crippen LogP contribution in [-0.2, 0) is 9.53 Å². The quantitative estimate of drug-likeness (QED) is 0.0447. The molecule has 0 aliphatic carbocycles. The van der Waals surface area contributed by atoms with Gasteiger partial charge in [-0.15, -0.1) is 0 Å². The third-order valence-corrected chi connectivity index (χ3v) is 6.97. The minimum Gasteiger partial charge on any atom is -0.462 e. The summed E-state index contributed by atoms with van der Waals surface area (Å²) >= 11 is 0. The molecule has 0 amide bonds. The summed E-state index contributed by atoms with van der Waals surface area (Å²) in [4.78, 5) is 11.2. The van der Waals surface area contributed by atoms with Crippen LogP contribution in [0.1, 0.15) is 116 Å². The van der Waals surface area contributed by atoms with Crippen LogP contribution in [0.5, 0.6) is 0 Å². The number of ether oxygens (including phenoxy) is 1. The minimum absolute atomic E-state index is 0.189. The summed E-state index contributed by atoms with van der Waals surface area (Å²) in [7, 11) is 0. The van der Waals surface area contributed by atoms with E-state index < -0.39 is 48.6 Å². The zero-order valence-electron chi connectivity index (χ0n) is 24.2. The lowest BCUT2D eigenvalue weighted by Crippen LogP contribution is -2.70. The molecule has 0 N–H and O–H groups in total. The maximum Gasteiger partial charge on any atom is 0.460 e. The smallest absolute Gasteiger partial charge is 0.460 e. The number of halogens is 13. The van der Waals surface area contributed by atoms with Crippen LogP contribution in [0.15, 0.2) is 12.2 Å². The summed E-state index contributed by atoms with van der Waals surface area (Å²) < 4.78 is 175. The second-order valence-corrected chi connectivity index (χ2v) is 10.8. The predicted octanol–water partition coefficient (Wildman–Crippen LogP) is 11.5. The summed E-state index contributed by atoms with van der Waals surface area (Å²) in [5, 5.41) is 0. The molecular formula is C28H41F13O2. The van der Waals surface area contributed by atoms with Gasteiger partial charge in [-0.05, 0) is 19.8 Å². The molecule has 2 nitrogen and oxygen atoms in total. The van der Waals surface area contributed by atoms with Gasteiger partial charge < -0.3 is 4.74 Å². The fourth-order valence-electron chi connectivity index (χ4n) is 4.17. The highest BCUT2D eigenvalue weighted by Crippen LogP contribution is 2.60. The monoisotopic (exact) mass is 656 g/mol. The van der Waals surface area contributed by atoms with Crippen LogP contribution in [0, 0.1) is 0 Å². The van der Waals surface area contributed by atoms with Gasteiger partial charge in [0.1, 0.15) is 0 Å². The van der Waals surface area contributed by atoms with Crippen LogP contribution in [-0.4, -0.2) is 48.4 Å². The first-order valence-electron chi connectivity index (χ1n) is 14.4. The van der Waals surface area contributed by atoms with Gasteiger partial charge in [0.15, 0.2) is 0 Å². The predicted molar refractivity (Wildman–Crippen MR) is 135 cm³/mol. The molecule has 43 heavy (non-hydrogen) atoms. The molecule has 0 aromatic rings. The summed E-state index contributed by atoms with van der Waals surface area (Å²) in [5.41, 5.74) is 0.371. The van der Waals surface area contributed by atoms with E-state index in [1.54, 1.807) is 6.92 Å². The first-order chi connectivity index (χ1) is 19.6. The zero-order valence-corrected chi connectivity index (χ0v) is 24.2. The molecular weight excluding hydrogens is 615 g/mol. The molecule has 15 heteroatoms. The summed E-state index contributed by atoms with van der Waals surface area (Å²) in [6.07, 6.45) is 1.70. The number of carbonyl (C=O) groups is 1. The molecule has 0 spiro atoms. The van der Waals surface area contributed by atoms with Gasteiger partial charge in [0.25, 0.3) is 0 Å². The molecule has 0 heterocycles. The van der Waals surface area contributed by atoms with Gasteiger partial charge >= 0.3 is 41.8 Å². The molecule has 0 aliphatic heterocycles. The van der Waals surface area contributed by atoms with Crippen LogP contribution in [0.4, 0.5) is 57.1 Å². The molecule has 0 saturated carbocycles. The van der Waals surface area contributed by atoms with Crippen molar-refractivity contribution in [3.8, 4) is 0 Å². The van der Waals surface area contributed by atoms with Crippen molar-refractivity contribution in [2.45, 2.75) is 152 Å². The molecule has 0 unspecified atom stereocenters. The van der Waals surface area contributed by atoms with E-state index >= 15 is 0 Å². The molecule has 0 atom stereocenters. The first-order valence-corrected chi connectivity index (χ1v) is 14.4. The third-order valence-electron chi connectivity index (χ3n) is 6.97. The average Bonchev–Trinajstić information content (AvgIpc) is 2.88. The second-order valence-electron chi connectivity index (χ2n) is 10.8. The van der Waals surface area contributed by atoms with Gasteiger partial charge in [-0.3, -0.25) is 0 Å². The van der Waals surface area contributed by atoms with Gasteiger partial charge in [-0.2, -0.15) is 57.1 Å². The fourth-order valence-corrected chi connectivity index (χ4v) is 4.17. The van der Waals surface area contributed by atoms with Crippen LogP contribution < -0.4 is 0 Å². The number of unbranched alkanes of at least 4 members (excludes halogenated alkanes) is 15. The molecule has 0 fully saturated rings. The van der Waals surface area contributed by atoms with E-state index in [1.165, 1.54) is 0 Å². The number of carbonyl (C=O) groups excluding carboxylic acids is 1. The van der Waals surface area contributed by atoms with Gasteiger partial charge in [0.2, 0.25) is 0 Å². The van der Waals surface area contributed by atoms with E-state index in [2.05, 4.69) is 6.58 Å². The van der Waals surface area contributed by atoms with E-state index in [0.29, 0.717) is 25.0 Å². The van der Waals surface area contributed by atoms with Crippen LogP contribution >= 0.6 is 0 Å². The van der Waals surface area contributed by atoms with Crippen molar-refractivity contribution in [3.05, 3.63) is 12.2 Å². The molecule has 0 radical (unpaired) electrons. The third kappa shape index (κ3) is 12.0. The summed E-state index contributed by atoms with van der Waals surface area (Å²) in [6, 6.07) is 0. The van der Waals surface area contributed by atoms with Gasteiger partial charge in [0, 0.05) is 12.0 Å². The molecule has 0 aromatic carbocycles. The molecule has 256 valence electrons. The topological polar surface area (TPSA) is 26.3 Å². The second kappa shape index (κ2) is 17.7. The van der Waals surface area contributed by atoms with E-state index in [4.69, 9.17) is 4.74 Å². The maximum absolute atomic E-state index is 13.8. The number of esters is 1. The lowest BCUT2D eigenvalue weighted by atomic mass is 9.91. The number of hydrogen-bond donors (Lipinski definition) is 0. The Hall–Kier alpha value is -1.70. The maximum atomic E-state index is 13.8. The summed E-state index contributed by atoms with van der Waals surface area (Å²) in [6.45, 7) is 5.47.